The molecule has 0 radical (unpaired) electrons. The zero-order valence-corrected chi connectivity index (χ0v) is 11.4. The number of carboxylic acids is 1. The molecule has 108 valence electrons. The van der Waals surface area contributed by atoms with Crippen molar-refractivity contribution in [2.24, 2.45) is 11.3 Å². The van der Waals surface area contributed by atoms with E-state index in [2.05, 4.69) is 19.2 Å². The van der Waals surface area contributed by atoms with Gasteiger partial charge >= 0.3 is 5.97 Å². The van der Waals surface area contributed by atoms with Gasteiger partial charge < -0.3 is 19.6 Å². The first-order valence-electron chi connectivity index (χ1n) is 6.67. The Bertz CT molecular complexity index is 562. The standard InChI is InChI=1S/C14H17NO5/c1-14(2)10(7-5-6-19-11(7)14)15-12(16)8-3-4-9(20-8)13(17)18/h3-4,7,10-11H,5-6H2,1-2H3,(H,15,16)(H,17,18)/t7-,10-,11+/m1/s1. The molecule has 6 nitrogen and oxygen atoms in total. The van der Waals surface area contributed by atoms with Gasteiger partial charge in [0, 0.05) is 24.0 Å². The Kier molecular flexibility index (Phi) is 2.86. The van der Waals surface area contributed by atoms with Gasteiger partial charge in [0.1, 0.15) is 0 Å². The second-order valence-electron chi connectivity index (χ2n) is 5.99. The van der Waals surface area contributed by atoms with Crippen LogP contribution in [0, 0.1) is 11.3 Å². The van der Waals surface area contributed by atoms with Crippen LogP contribution >= 0.6 is 0 Å². The number of nitrogens with one attached hydrogen (secondary N) is 1. The van der Waals surface area contributed by atoms with Crippen molar-refractivity contribution in [1.82, 2.24) is 5.32 Å². The number of rotatable bonds is 3. The average molecular weight is 279 g/mol. The molecule has 1 aromatic rings. The van der Waals surface area contributed by atoms with Gasteiger partial charge in [-0.1, -0.05) is 13.8 Å². The number of carbonyl (C=O) groups is 2. The number of carboxylic acid groups (broad SMARTS) is 1. The topological polar surface area (TPSA) is 88.8 Å². The molecule has 6 heteroatoms. The highest BCUT2D eigenvalue weighted by Gasteiger charge is 2.59. The molecule has 2 N–H and O–H groups in total. The second-order valence-corrected chi connectivity index (χ2v) is 5.99. The van der Waals surface area contributed by atoms with E-state index >= 15 is 0 Å². The Hall–Kier alpha value is -1.82. The van der Waals surface area contributed by atoms with E-state index in [0.29, 0.717) is 5.92 Å². The molecule has 20 heavy (non-hydrogen) atoms. The number of amides is 1. The highest BCUT2D eigenvalue weighted by molar-refractivity contribution is 5.93. The summed E-state index contributed by atoms with van der Waals surface area (Å²) in [7, 11) is 0. The monoisotopic (exact) mass is 279 g/mol. The minimum Gasteiger partial charge on any atom is -0.475 e. The first-order valence-corrected chi connectivity index (χ1v) is 6.67. The SMILES string of the molecule is CC1(C)[C@H](NC(=O)c2ccc(C(=O)O)o2)[C@H]2CCO[C@@H]21. The summed E-state index contributed by atoms with van der Waals surface area (Å²) < 4.78 is 10.7. The van der Waals surface area contributed by atoms with Gasteiger partial charge in [0.25, 0.3) is 5.91 Å². The lowest BCUT2D eigenvalue weighted by Crippen LogP contribution is -2.66. The van der Waals surface area contributed by atoms with Crippen molar-refractivity contribution in [2.45, 2.75) is 32.4 Å². The lowest BCUT2D eigenvalue weighted by molar-refractivity contribution is -0.109. The summed E-state index contributed by atoms with van der Waals surface area (Å²) in [5, 5.41) is 11.7. The number of aromatic carboxylic acids is 1. The molecule has 2 aliphatic rings. The molecular formula is C14H17NO5. The number of furan rings is 1. The Morgan fingerprint density at radius 2 is 2.05 bits per heavy atom. The van der Waals surface area contributed by atoms with Crippen LogP contribution in [0.2, 0.25) is 0 Å². The van der Waals surface area contributed by atoms with E-state index in [1.807, 2.05) is 0 Å². The summed E-state index contributed by atoms with van der Waals surface area (Å²) in [6.07, 6.45) is 1.14. The van der Waals surface area contributed by atoms with E-state index < -0.39 is 5.97 Å². The summed E-state index contributed by atoms with van der Waals surface area (Å²) in [5.41, 5.74) is -0.112. The molecule has 1 amide bonds. The Labute approximate surface area is 116 Å². The van der Waals surface area contributed by atoms with E-state index in [1.54, 1.807) is 0 Å². The fourth-order valence-corrected chi connectivity index (χ4v) is 3.40. The Morgan fingerprint density at radius 1 is 1.35 bits per heavy atom. The summed E-state index contributed by atoms with van der Waals surface area (Å²) >= 11 is 0. The predicted molar refractivity (Wildman–Crippen MR) is 68.5 cm³/mol. The molecule has 1 aliphatic heterocycles. The molecule has 3 rings (SSSR count). The molecular weight excluding hydrogens is 262 g/mol. The van der Waals surface area contributed by atoms with Crippen molar-refractivity contribution in [2.75, 3.05) is 6.61 Å². The van der Waals surface area contributed by atoms with Gasteiger partial charge in [0.05, 0.1) is 6.10 Å². The summed E-state index contributed by atoms with van der Waals surface area (Å²) in [4.78, 5) is 22.9. The molecule has 0 unspecified atom stereocenters. The third-order valence-corrected chi connectivity index (χ3v) is 4.43. The molecule has 2 heterocycles. The maximum atomic E-state index is 12.1. The van der Waals surface area contributed by atoms with E-state index in [-0.39, 0.29) is 35.0 Å². The van der Waals surface area contributed by atoms with Crippen molar-refractivity contribution in [1.29, 1.82) is 0 Å². The number of hydrogen-bond acceptors (Lipinski definition) is 4. The number of ether oxygens (including phenoxy) is 1. The van der Waals surface area contributed by atoms with Crippen molar-refractivity contribution < 1.29 is 23.8 Å². The molecule has 0 bridgehead atoms. The minimum absolute atomic E-state index is 0.0283. The Morgan fingerprint density at radius 3 is 2.70 bits per heavy atom. The van der Waals surface area contributed by atoms with Crippen molar-refractivity contribution >= 4 is 11.9 Å². The fraction of sp³-hybridized carbons (Fsp3) is 0.571. The zero-order valence-electron chi connectivity index (χ0n) is 11.4. The van der Waals surface area contributed by atoms with Gasteiger partial charge in [-0.15, -0.1) is 0 Å². The second kappa shape index (κ2) is 4.34. The molecule has 0 aromatic carbocycles. The normalized spacial score (nSPS) is 30.4. The lowest BCUT2D eigenvalue weighted by atomic mass is 9.57. The third-order valence-electron chi connectivity index (χ3n) is 4.43. The van der Waals surface area contributed by atoms with Gasteiger partial charge in [-0.25, -0.2) is 4.79 Å². The third kappa shape index (κ3) is 1.83. The van der Waals surface area contributed by atoms with E-state index in [9.17, 15) is 9.59 Å². The van der Waals surface area contributed by atoms with Crippen LogP contribution in [0.3, 0.4) is 0 Å². The highest BCUT2D eigenvalue weighted by atomic mass is 16.5. The molecule has 3 atom stereocenters. The first kappa shape index (κ1) is 13.2. The minimum atomic E-state index is -1.18. The molecule has 1 aromatic heterocycles. The quantitative estimate of drug-likeness (QED) is 0.875. The number of fused-ring (bicyclic) bond motifs is 1. The van der Waals surface area contributed by atoms with Crippen molar-refractivity contribution in [3.05, 3.63) is 23.7 Å². The van der Waals surface area contributed by atoms with Gasteiger partial charge in [-0.3, -0.25) is 4.79 Å². The zero-order chi connectivity index (χ0) is 14.5. The summed E-state index contributed by atoms with van der Waals surface area (Å²) in [6, 6.07) is 2.69. The Balaban J connectivity index is 1.71. The fourth-order valence-electron chi connectivity index (χ4n) is 3.40. The van der Waals surface area contributed by atoms with Crippen LogP contribution in [0.5, 0.6) is 0 Å². The summed E-state index contributed by atoms with van der Waals surface area (Å²) in [5.74, 6) is -1.42. The van der Waals surface area contributed by atoms with Crippen molar-refractivity contribution in [3.63, 3.8) is 0 Å². The highest BCUT2D eigenvalue weighted by Crippen LogP contribution is 2.52. The van der Waals surface area contributed by atoms with Crippen LogP contribution in [0.25, 0.3) is 0 Å². The van der Waals surface area contributed by atoms with E-state index in [1.165, 1.54) is 12.1 Å². The molecule has 1 aliphatic carbocycles. The van der Waals surface area contributed by atoms with E-state index in [0.717, 1.165) is 13.0 Å². The first-order chi connectivity index (χ1) is 9.41. The van der Waals surface area contributed by atoms with Crippen LogP contribution in [-0.2, 0) is 4.74 Å². The molecule has 1 saturated heterocycles. The largest absolute Gasteiger partial charge is 0.475 e. The van der Waals surface area contributed by atoms with Gasteiger partial charge in [0.2, 0.25) is 5.76 Å². The number of carbonyl (C=O) groups excluding carboxylic acids is 1. The van der Waals surface area contributed by atoms with Crippen LogP contribution in [-0.4, -0.2) is 35.7 Å². The van der Waals surface area contributed by atoms with Crippen LogP contribution < -0.4 is 5.32 Å². The molecule has 0 spiro atoms. The summed E-state index contributed by atoms with van der Waals surface area (Å²) in [6.45, 7) is 4.86. The van der Waals surface area contributed by atoms with Gasteiger partial charge in [-0.2, -0.15) is 0 Å². The van der Waals surface area contributed by atoms with E-state index in [4.69, 9.17) is 14.3 Å². The van der Waals surface area contributed by atoms with Crippen LogP contribution in [0.15, 0.2) is 16.5 Å². The average Bonchev–Trinajstić information content (AvgIpc) is 3.03. The molecule has 1 saturated carbocycles. The van der Waals surface area contributed by atoms with Gasteiger partial charge in [-0.05, 0) is 18.6 Å². The molecule has 2 fully saturated rings. The maximum absolute atomic E-state index is 12.1. The van der Waals surface area contributed by atoms with Gasteiger partial charge in [0.15, 0.2) is 5.76 Å². The smallest absolute Gasteiger partial charge is 0.371 e. The lowest BCUT2D eigenvalue weighted by Gasteiger charge is -2.54. The van der Waals surface area contributed by atoms with Crippen molar-refractivity contribution in [3.8, 4) is 0 Å². The van der Waals surface area contributed by atoms with Crippen LogP contribution in [0.4, 0.5) is 0 Å². The van der Waals surface area contributed by atoms with Crippen LogP contribution in [0.1, 0.15) is 41.4 Å². The number of hydrogen-bond donors (Lipinski definition) is 2. The predicted octanol–water partition coefficient (Wildman–Crippen LogP) is 1.52. The maximum Gasteiger partial charge on any atom is 0.371 e.